The molecule has 0 saturated carbocycles. The number of hydrogen-bond acceptors (Lipinski definition) is 5. The molecule has 2 aromatic heterocycles. The lowest BCUT2D eigenvalue weighted by molar-refractivity contribution is 0.167. The Balaban J connectivity index is 1.57. The van der Waals surface area contributed by atoms with Gasteiger partial charge in [0.2, 0.25) is 0 Å². The molecule has 1 unspecified atom stereocenters. The molecule has 26 heavy (non-hydrogen) atoms. The van der Waals surface area contributed by atoms with E-state index in [1.807, 2.05) is 30.3 Å². The quantitative estimate of drug-likeness (QED) is 0.757. The second-order valence-corrected chi connectivity index (χ2v) is 6.96. The van der Waals surface area contributed by atoms with Crippen LogP contribution in [0.25, 0.3) is 22.3 Å². The summed E-state index contributed by atoms with van der Waals surface area (Å²) in [6.45, 7) is 5.47. The zero-order valence-corrected chi connectivity index (χ0v) is 15.2. The van der Waals surface area contributed by atoms with Crippen molar-refractivity contribution in [2.24, 2.45) is 0 Å². The number of anilines is 1. The van der Waals surface area contributed by atoms with E-state index in [0.717, 1.165) is 41.2 Å². The number of fused-ring (bicyclic) bond motifs is 1. The van der Waals surface area contributed by atoms with Crippen LogP contribution in [0.2, 0.25) is 0 Å². The number of benzene rings is 1. The molecule has 0 bridgehead atoms. The Morgan fingerprint density at radius 3 is 2.77 bits per heavy atom. The van der Waals surface area contributed by atoms with E-state index in [1.165, 1.54) is 25.8 Å². The third-order valence-electron chi connectivity index (χ3n) is 5.17. The number of piperidine rings is 1. The highest BCUT2D eigenvalue weighted by atomic mass is 15.2. The molecule has 0 spiro atoms. The third-order valence-corrected chi connectivity index (χ3v) is 5.17. The van der Waals surface area contributed by atoms with Gasteiger partial charge in [0.1, 0.15) is 5.82 Å². The van der Waals surface area contributed by atoms with Gasteiger partial charge in [-0.15, -0.1) is 0 Å². The van der Waals surface area contributed by atoms with Gasteiger partial charge in [-0.1, -0.05) is 18.6 Å². The number of nitrogens with one attached hydrogen (secondary N) is 1. The fraction of sp³-hybridized carbons (Fsp3) is 0.381. The molecule has 5 nitrogen and oxygen atoms in total. The van der Waals surface area contributed by atoms with Crippen LogP contribution in [-0.4, -0.2) is 45.5 Å². The van der Waals surface area contributed by atoms with Crippen molar-refractivity contribution in [2.45, 2.75) is 32.2 Å². The average molecular weight is 347 g/mol. The molecule has 1 atom stereocenters. The zero-order valence-electron chi connectivity index (χ0n) is 15.2. The molecule has 1 N–H and O–H groups in total. The molecule has 1 fully saturated rings. The molecule has 3 heterocycles. The van der Waals surface area contributed by atoms with Crippen molar-refractivity contribution in [3.63, 3.8) is 0 Å². The lowest BCUT2D eigenvalue weighted by atomic mass is 10.0. The van der Waals surface area contributed by atoms with Crippen LogP contribution < -0.4 is 5.32 Å². The van der Waals surface area contributed by atoms with Crippen molar-refractivity contribution < 1.29 is 0 Å². The van der Waals surface area contributed by atoms with Crippen molar-refractivity contribution in [1.82, 2.24) is 19.9 Å². The molecule has 0 aliphatic carbocycles. The van der Waals surface area contributed by atoms with Crippen LogP contribution in [0, 0.1) is 0 Å². The molecular formula is C21H25N5. The second kappa shape index (κ2) is 7.79. The molecule has 1 aliphatic heterocycles. The van der Waals surface area contributed by atoms with Crippen LogP contribution in [0.4, 0.5) is 5.82 Å². The SMILES string of the molecule is CC1CCCCN1CCNc1nc(-c2ccncc2)nc2ccccc12. The fourth-order valence-corrected chi connectivity index (χ4v) is 3.65. The summed E-state index contributed by atoms with van der Waals surface area (Å²) in [4.78, 5) is 16.2. The summed E-state index contributed by atoms with van der Waals surface area (Å²) >= 11 is 0. The molecular weight excluding hydrogens is 322 g/mol. The molecule has 3 aromatic rings. The summed E-state index contributed by atoms with van der Waals surface area (Å²) in [5.41, 5.74) is 1.95. The Morgan fingerprint density at radius 2 is 1.92 bits per heavy atom. The Kier molecular flexibility index (Phi) is 5.07. The second-order valence-electron chi connectivity index (χ2n) is 6.96. The Labute approximate surface area is 154 Å². The number of para-hydroxylation sites is 1. The molecule has 5 heteroatoms. The maximum absolute atomic E-state index is 4.80. The van der Waals surface area contributed by atoms with Gasteiger partial charge in [0.05, 0.1) is 5.52 Å². The van der Waals surface area contributed by atoms with E-state index in [9.17, 15) is 0 Å². The Morgan fingerprint density at radius 1 is 1.08 bits per heavy atom. The van der Waals surface area contributed by atoms with Crippen LogP contribution in [-0.2, 0) is 0 Å². The number of hydrogen-bond donors (Lipinski definition) is 1. The van der Waals surface area contributed by atoms with Crippen LogP contribution in [0.5, 0.6) is 0 Å². The topological polar surface area (TPSA) is 53.9 Å². The maximum Gasteiger partial charge on any atom is 0.162 e. The van der Waals surface area contributed by atoms with Crippen molar-refractivity contribution in [1.29, 1.82) is 0 Å². The highest BCUT2D eigenvalue weighted by Gasteiger charge is 2.17. The fourth-order valence-electron chi connectivity index (χ4n) is 3.65. The van der Waals surface area contributed by atoms with E-state index in [2.05, 4.69) is 28.2 Å². The first-order chi connectivity index (χ1) is 12.8. The predicted molar refractivity (Wildman–Crippen MR) is 106 cm³/mol. The van der Waals surface area contributed by atoms with Crippen LogP contribution in [0.15, 0.2) is 48.8 Å². The largest absolute Gasteiger partial charge is 0.368 e. The van der Waals surface area contributed by atoms with Crippen LogP contribution in [0.3, 0.4) is 0 Å². The first kappa shape index (κ1) is 16.9. The summed E-state index contributed by atoms with van der Waals surface area (Å²) in [6, 6.07) is 12.8. The third kappa shape index (κ3) is 3.68. The van der Waals surface area contributed by atoms with Gasteiger partial charge in [-0.25, -0.2) is 9.97 Å². The van der Waals surface area contributed by atoms with E-state index >= 15 is 0 Å². The molecule has 1 aliphatic rings. The first-order valence-electron chi connectivity index (χ1n) is 9.46. The first-order valence-corrected chi connectivity index (χ1v) is 9.46. The van der Waals surface area contributed by atoms with Crippen molar-refractivity contribution in [3.05, 3.63) is 48.8 Å². The number of rotatable bonds is 5. The van der Waals surface area contributed by atoms with Gasteiger partial charge in [0.25, 0.3) is 0 Å². The van der Waals surface area contributed by atoms with Gasteiger partial charge in [0.15, 0.2) is 5.82 Å². The summed E-state index contributed by atoms with van der Waals surface area (Å²) in [6.07, 6.45) is 7.53. The van der Waals surface area contributed by atoms with E-state index in [-0.39, 0.29) is 0 Å². The molecule has 0 amide bonds. The van der Waals surface area contributed by atoms with E-state index < -0.39 is 0 Å². The monoisotopic (exact) mass is 347 g/mol. The normalized spacial score (nSPS) is 18.1. The number of aromatic nitrogens is 3. The minimum atomic E-state index is 0.681. The number of likely N-dealkylation sites (tertiary alicyclic amines) is 1. The summed E-state index contributed by atoms with van der Waals surface area (Å²) in [5.74, 6) is 1.65. The molecule has 1 aromatic carbocycles. The minimum Gasteiger partial charge on any atom is -0.368 e. The van der Waals surface area contributed by atoms with Crippen molar-refractivity contribution in [2.75, 3.05) is 25.0 Å². The van der Waals surface area contributed by atoms with Crippen LogP contribution >= 0.6 is 0 Å². The standard InChI is InChI=1S/C21H25N5/c1-16-6-4-5-14-26(16)15-13-23-21-18-7-2-3-8-19(18)24-20(25-21)17-9-11-22-12-10-17/h2-3,7-12,16H,4-6,13-15H2,1H3,(H,23,24,25). The highest BCUT2D eigenvalue weighted by Crippen LogP contribution is 2.24. The Hall–Kier alpha value is -2.53. The zero-order chi connectivity index (χ0) is 17.8. The lowest BCUT2D eigenvalue weighted by Crippen LogP contribution is -2.40. The van der Waals surface area contributed by atoms with Gasteiger partial charge in [-0.2, -0.15) is 0 Å². The van der Waals surface area contributed by atoms with Gasteiger partial charge in [-0.05, 0) is 50.6 Å². The Bertz CT molecular complexity index is 865. The lowest BCUT2D eigenvalue weighted by Gasteiger charge is -2.33. The van der Waals surface area contributed by atoms with E-state index in [0.29, 0.717) is 6.04 Å². The van der Waals surface area contributed by atoms with Crippen molar-refractivity contribution >= 4 is 16.7 Å². The van der Waals surface area contributed by atoms with Gasteiger partial charge >= 0.3 is 0 Å². The van der Waals surface area contributed by atoms with E-state index in [4.69, 9.17) is 9.97 Å². The smallest absolute Gasteiger partial charge is 0.162 e. The number of pyridine rings is 1. The average Bonchev–Trinajstić information content (AvgIpc) is 2.70. The van der Waals surface area contributed by atoms with Gasteiger partial charge < -0.3 is 5.32 Å². The summed E-state index contributed by atoms with van der Waals surface area (Å²) in [7, 11) is 0. The van der Waals surface area contributed by atoms with Crippen LogP contribution in [0.1, 0.15) is 26.2 Å². The van der Waals surface area contributed by atoms with Gasteiger partial charge in [-0.3, -0.25) is 9.88 Å². The highest BCUT2D eigenvalue weighted by molar-refractivity contribution is 5.90. The molecule has 0 radical (unpaired) electrons. The van der Waals surface area contributed by atoms with Gasteiger partial charge in [0, 0.05) is 42.5 Å². The summed E-state index contributed by atoms with van der Waals surface area (Å²) in [5, 5.41) is 4.62. The molecule has 4 rings (SSSR count). The number of nitrogens with zero attached hydrogens (tertiary/aromatic N) is 4. The van der Waals surface area contributed by atoms with Crippen molar-refractivity contribution in [3.8, 4) is 11.4 Å². The van der Waals surface area contributed by atoms with E-state index in [1.54, 1.807) is 12.4 Å². The predicted octanol–water partition coefficient (Wildman–Crippen LogP) is 3.98. The summed E-state index contributed by atoms with van der Waals surface area (Å²) < 4.78 is 0. The molecule has 134 valence electrons. The molecule has 1 saturated heterocycles. The minimum absolute atomic E-state index is 0.681. The maximum atomic E-state index is 4.80.